The van der Waals surface area contributed by atoms with Crippen molar-refractivity contribution < 1.29 is 14.3 Å². The molecule has 4 rings (SSSR count). The second-order valence-corrected chi connectivity index (χ2v) is 7.86. The Kier molecular flexibility index (Phi) is 4.21. The number of amides is 2. The lowest BCUT2D eigenvalue weighted by Crippen LogP contribution is -2.31. The Labute approximate surface area is 150 Å². The van der Waals surface area contributed by atoms with E-state index < -0.39 is 0 Å². The number of rotatable bonds is 3. The molecule has 1 N–H and O–H groups in total. The smallest absolute Gasteiger partial charge is 0.264 e. The van der Waals surface area contributed by atoms with E-state index in [2.05, 4.69) is 5.32 Å². The second kappa shape index (κ2) is 6.52. The number of hydrogen-bond donors (Lipinski definition) is 1. The minimum absolute atomic E-state index is 0.0296. The van der Waals surface area contributed by atoms with Crippen molar-refractivity contribution in [3.8, 4) is 5.75 Å². The Morgan fingerprint density at radius 3 is 2.80 bits per heavy atom. The fourth-order valence-electron chi connectivity index (χ4n) is 2.94. The first kappa shape index (κ1) is 16.1. The lowest BCUT2D eigenvalue weighted by atomic mass is 10.1. The highest BCUT2D eigenvalue weighted by Gasteiger charge is 2.30. The van der Waals surface area contributed by atoms with Gasteiger partial charge in [0, 0.05) is 28.6 Å². The molecule has 25 heavy (non-hydrogen) atoms. The maximum atomic E-state index is 12.7. The van der Waals surface area contributed by atoms with Gasteiger partial charge in [0.15, 0.2) is 0 Å². The van der Waals surface area contributed by atoms with Gasteiger partial charge in [-0.05, 0) is 50.1 Å². The summed E-state index contributed by atoms with van der Waals surface area (Å²) in [5, 5.41) is 2.96. The minimum atomic E-state index is 0.0296. The molecule has 2 amide bonds. The number of hydrogen-bond acceptors (Lipinski definition) is 4. The molecule has 1 aromatic carbocycles. The fourth-order valence-corrected chi connectivity index (χ4v) is 3.78. The maximum Gasteiger partial charge on any atom is 0.264 e. The molecule has 1 saturated carbocycles. The van der Waals surface area contributed by atoms with Crippen LogP contribution >= 0.6 is 11.3 Å². The molecule has 6 heteroatoms. The fraction of sp³-hybridized carbons (Fsp3) is 0.368. The standard InChI is InChI=1S/C19H20N2O3S/c1-12-2-7-17(25-12)19(23)21-8-9-24-16-6-5-15(10-14(16)11-21)20-18(22)13-3-4-13/h2,5-7,10,13H,3-4,8-9,11H2,1H3,(H,20,22). The van der Waals surface area contributed by atoms with Crippen LogP contribution in [0.5, 0.6) is 5.75 Å². The van der Waals surface area contributed by atoms with Gasteiger partial charge in [0.25, 0.3) is 5.91 Å². The normalized spacial score (nSPS) is 16.6. The number of ether oxygens (including phenoxy) is 1. The molecule has 2 aromatic rings. The van der Waals surface area contributed by atoms with Gasteiger partial charge in [0.05, 0.1) is 11.4 Å². The van der Waals surface area contributed by atoms with E-state index in [9.17, 15) is 9.59 Å². The van der Waals surface area contributed by atoms with Crippen molar-refractivity contribution in [2.75, 3.05) is 18.5 Å². The quantitative estimate of drug-likeness (QED) is 0.916. The zero-order chi connectivity index (χ0) is 17.4. The molecular formula is C19H20N2O3S. The van der Waals surface area contributed by atoms with E-state index in [1.165, 1.54) is 11.3 Å². The van der Waals surface area contributed by atoms with Gasteiger partial charge in [-0.15, -0.1) is 11.3 Å². The lowest BCUT2D eigenvalue weighted by molar-refractivity contribution is -0.117. The summed E-state index contributed by atoms with van der Waals surface area (Å²) >= 11 is 1.51. The number of carbonyl (C=O) groups is 2. The summed E-state index contributed by atoms with van der Waals surface area (Å²) < 4.78 is 5.79. The van der Waals surface area contributed by atoms with Gasteiger partial charge < -0.3 is 15.0 Å². The highest BCUT2D eigenvalue weighted by molar-refractivity contribution is 7.13. The van der Waals surface area contributed by atoms with Crippen LogP contribution in [0.2, 0.25) is 0 Å². The third-order valence-electron chi connectivity index (χ3n) is 4.49. The SMILES string of the molecule is Cc1ccc(C(=O)N2CCOc3ccc(NC(=O)C4CC4)cc3C2)s1. The molecule has 1 aliphatic heterocycles. The molecule has 130 valence electrons. The molecule has 0 radical (unpaired) electrons. The van der Waals surface area contributed by atoms with Crippen molar-refractivity contribution in [3.63, 3.8) is 0 Å². The average molecular weight is 356 g/mol. The molecule has 1 fully saturated rings. The largest absolute Gasteiger partial charge is 0.491 e. The zero-order valence-electron chi connectivity index (χ0n) is 14.1. The minimum Gasteiger partial charge on any atom is -0.491 e. The van der Waals surface area contributed by atoms with Crippen molar-refractivity contribution in [1.29, 1.82) is 0 Å². The van der Waals surface area contributed by atoms with Crippen LogP contribution in [-0.4, -0.2) is 29.9 Å². The Morgan fingerprint density at radius 1 is 1.24 bits per heavy atom. The van der Waals surface area contributed by atoms with Gasteiger partial charge in [-0.1, -0.05) is 0 Å². The van der Waals surface area contributed by atoms with Crippen LogP contribution in [0.1, 0.15) is 33.0 Å². The van der Waals surface area contributed by atoms with Crippen LogP contribution in [0.15, 0.2) is 30.3 Å². The number of aryl methyl sites for hydroxylation is 1. The molecule has 1 aromatic heterocycles. The summed E-state index contributed by atoms with van der Waals surface area (Å²) in [4.78, 5) is 28.4. The van der Waals surface area contributed by atoms with Crippen LogP contribution in [0, 0.1) is 12.8 Å². The molecule has 0 atom stereocenters. The zero-order valence-corrected chi connectivity index (χ0v) is 14.9. The summed E-state index contributed by atoms with van der Waals surface area (Å²) in [6.07, 6.45) is 1.95. The lowest BCUT2D eigenvalue weighted by Gasteiger charge is -2.19. The van der Waals surface area contributed by atoms with E-state index in [0.29, 0.717) is 19.7 Å². The topological polar surface area (TPSA) is 58.6 Å². The van der Waals surface area contributed by atoms with Gasteiger partial charge in [-0.25, -0.2) is 0 Å². The maximum absolute atomic E-state index is 12.7. The van der Waals surface area contributed by atoms with E-state index in [1.54, 1.807) is 0 Å². The molecule has 0 spiro atoms. The van der Waals surface area contributed by atoms with Crippen molar-refractivity contribution in [2.45, 2.75) is 26.3 Å². The number of benzene rings is 1. The van der Waals surface area contributed by atoms with Gasteiger partial charge in [0.2, 0.25) is 5.91 Å². The summed E-state index contributed by atoms with van der Waals surface area (Å²) in [5.41, 5.74) is 1.69. The monoisotopic (exact) mass is 356 g/mol. The molecule has 2 heterocycles. The predicted molar refractivity (Wildman–Crippen MR) is 97.1 cm³/mol. The molecule has 1 aliphatic carbocycles. The van der Waals surface area contributed by atoms with E-state index in [1.807, 2.05) is 42.2 Å². The van der Waals surface area contributed by atoms with Crippen LogP contribution in [0.25, 0.3) is 0 Å². The summed E-state index contributed by atoms with van der Waals surface area (Å²) in [6.45, 7) is 3.50. The number of nitrogens with one attached hydrogen (secondary N) is 1. The molecule has 5 nitrogen and oxygen atoms in total. The highest BCUT2D eigenvalue weighted by Crippen LogP contribution is 2.32. The summed E-state index contributed by atoms with van der Waals surface area (Å²) in [6, 6.07) is 9.49. The van der Waals surface area contributed by atoms with Gasteiger partial charge in [-0.3, -0.25) is 9.59 Å². The number of carbonyl (C=O) groups excluding carboxylic acids is 2. The van der Waals surface area contributed by atoms with Crippen LogP contribution in [-0.2, 0) is 11.3 Å². The highest BCUT2D eigenvalue weighted by atomic mass is 32.1. The van der Waals surface area contributed by atoms with E-state index in [0.717, 1.165) is 39.6 Å². The van der Waals surface area contributed by atoms with Crippen molar-refractivity contribution in [3.05, 3.63) is 45.6 Å². The van der Waals surface area contributed by atoms with Crippen LogP contribution in [0.3, 0.4) is 0 Å². The van der Waals surface area contributed by atoms with Gasteiger partial charge >= 0.3 is 0 Å². The summed E-state index contributed by atoms with van der Waals surface area (Å²) in [7, 11) is 0. The first-order chi connectivity index (χ1) is 12.1. The third kappa shape index (κ3) is 3.54. The van der Waals surface area contributed by atoms with E-state index in [4.69, 9.17) is 4.74 Å². The van der Waals surface area contributed by atoms with Crippen LogP contribution < -0.4 is 10.1 Å². The Bertz CT molecular complexity index is 826. The summed E-state index contributed by atoms with van der Waals surface area (Å²) in [5.74, 6) is 1.05. The number of thiophene rings is 1. The molecule has 0 unspecified atom stereocenters. The van der Waals surface area contributed by atoms with Crippen LogP contribution in [0.4, 0.5) is 5.69 Å². The number of fused-ring (bicyclic) bond motifs is 1. The molecular weight excluding hydrogens is 336 g/mol. The van der Waals surface area contributed by atoms with Crippen molar-refractivity contribution in [2.24, 2.45) is 5.92 Å². The van der Waals surface area contributed by atoms with E-state index in [-0.39, 0.29) is 17.7 Å². The van der Waals surface area contributed by atoms with Gasteiger partial charge in [0.1, 0.15) is 12.4 Å². The molecule has 0 saturated heterocycles. The molecule has 0 bridgehead atoms. The number of anilines is 1. The first-order valence-corrected chi connectivity index (χ1v) is 9.34. The third-order valence-corrected chi connectivity index (χ3v) is 5.48. The first-order valence-electron chi connectivity index (χ1n) is 8.52. The Morgan fingerprint density at radius 2 is 2.08 bits per heavy atom. The second-order valence-electron chi connectivity index (χ2n) is 6.57. The van der Waals surface area contributed by atoms with Crippen molar-refractivity contribution >= 4 is 28.8 Å². The molecule has 2 aliphatic rings. The van der Waals surface area contributed by atoms with Gasteiger partial charge in [-0.2, -0.15) is 0 Å². The number of nitrogens with zero attached hydrogens (tertiary/aromatic N) is 1. The average Bonchev–Trinajstić information content (AvgIpc) is 3.39. The Hall–Kier alpha value is -2.34. The Balaban J connectivity index is 1.53. The predicted octanol–water partition coefficient (Wildman–Crippen LogP) is 3.44. The van der Waals surface area contributed by atoms with E-state index >= 15 is 0 Å². The van der Waals surface area contributed by atoms with Crippen molar-refractivity contribution in [1.82, 2.24) is 4.90 Å².